The lowest BCUT2D eigenvalue weighted by Gasteiger charge is -2.26. The van der Waals surface area contributed by atoms with Crippen molar-refractivity contribution in [2.24, 2.45) is 7.05 Å². The molecule has 0 radical (unpaired) electrons. The van der Waals surface area contributed by atoms with Gasteiger partial charge in [0.05, 0.1) is 17.7 Å². The maximum Gasteiger partial charge on any atom is 0.312 e. The summed E-state index contributed by atoms with van der Waals surface area (Å²) < 4.78 is 12.9. The Morgan fingerprint density at radius 3 is 2.75 bits per heavy atom. The maximum absolute atomic E-state index is 12.9. The number of pyridine rings is 2. The lowest BCUT2D eigenvalue weighted by atomic mass is 9.86. The summed E-state index contributed by atoms with van der Waals surface area (Å²) in [7, 11) is 1.72. The minimum atomic E-state index is -0.421. The Balaban J connectivity index is 1.75. The Labute approximate surface area is 162 Å². The molecule has 3 aromatic rings. The van der Waals surface area contributed by atoms with Gasteiger partial charge in [0.2, 0.25) is 0 Å². The number of nitrogens with zero attached hydrogens (tertiary/aromatic N) is 2. The predicted octanol–water partition coefficient (Wildman–Crippen LogP) is 3.11. The monoisotopic (exact) mass is 376 g/mol. The summed E-state index contributed by atoms with van der Waals surface area (Å²) in [5.74, 6) is 0.183. The molecule has 142 valence electrons. The van der Waals surface area contributed by atoms with Crippen molar-refractivity contribution in [2.45, 2.75) is 25.9 Å². The van der Waals surface area contributed by atoms with Crippen LogP contribution in [0.3, 0.4) is 0 Å². The second kappa shape index (κ2) is 7.31. The summed E-state index contributed by atoms with van der Waals surface area (Å²) in [6.45, 7) is 2.11. The number of carbonyl (C=O) groups is 1. The van der Waals surface area contributed by atoms with E-state index in [1.165, 1.54) is 0 Å². The molecule has 0 saturated carbocycles. The number of hydrogen-bond acceptors (Lipinski definition) is 5. The minimum absolute atomic E-state index is 0.0925. The van der Waals surface area contributed by atoms with Gasteiger partial charge in [0, 0.05) is 36.5 Å². The predicted molar refractivity (Wildman–Crippen MR) is 104 cm³/mol. The number of rotatable bonds is 4. The fraction of sp³-hybridized carbons (Fsp3) is 0.227. The fourth-order valence-corrected chi connectivity index (χ4v) is 3.45. The third-order valence-corrected chi connectivity index (χ3v) is 5.01. The van der Waals surface area contributed by atoms with Gasteiger partial charge in [-0.15, -0.1) is 0 Å². The summed E-state index contributed by atoms with van der Waals surface area (Å²) >= 11 is 0. The summed E-state index contributed by atoms with van der Waals surface area (Å²) in [5.41, 5.74) is 2.65. The Hall–Kier alpha value is -3.41. The standard InChI is InChI=1S/C22H20N2O4/c1-14-11-19-21(22(26)24(14)2)17(12-20(25)28-19)16-8-3-4-9-18(16)27-13-15-7-5-6-10-23-15/h3-11,17H,12-13H2,1-2H3. The zero-order chi connectivity index (χ0) is 19.7. The van der Waals surface area contributed by atoms with Gasteiger partial charge in [-0.2, -0.15) is 0 Å². The molecule has 1 atom stereocenters. The number of ether oxygens (including phenoxy) is 2. The van der Waals surface area contributed by atoms with E-state index in [-0.39, 0.29) is 17.9 Å². The van der Waals surface area contributed by atoms with Crippen LogP contribution in [0.15, 0.2) is 59.5 Å². The molecule has 0 spiro atoms. The highest BCUT2D eigenvalue weighted by Gasteiger charge is 2.33. The van der Waals surface area contributed by atoms with E-state index in [0.29, 0.717) is 23.7 Å². The molecule has 0 N–H and O–H groups in total. The van der Waals surface area contributed by atoms with E-state index in [0.717, 1.165) is 17.0 Å². The van der Waals surface area contributed by atoms with Crippen LogP contribution in [0.5, 0.6) is 11.5 Å². The smallest absolute Gasteiger partial charge is 0.312 e. The lowest BCUT2D eigenvalue weighted by molar-refractivity contribution is -0.135. The number of carbonyl (C=O) groups excluding carboxylic acids is 1. The first kappa shape index (κ1) is 18.0. The number of benzene rings is 1. The molecule has 1 aliphatic rings. The molecule has 0 amide bonds. The van der Waals surface area contributed by atoms with Crippen LogP contribution >= 0.6 is 0 Å². The molecular formula is C22H20N2O4. The van der Waals surface area contributed by atoms with Crippen molar-refractivity contribution < 1.29 is 14.3 Å². The molecule has 1 aliphatic heterocycles. The van der Waals surface area contributed by atoms with Crippen LogP contribution < -0.4 is 15.0 Å². The van der Waals surface area contributed by atoms with Gasteiger partial charge in [0.1, 0.15) is 18.1 Å². The Bertz CT molecular complexity index is 1090. The summed E-state index contributed by atoms with van der Waals surface area (Å²) in [5, 5.41) is 0. The zero-order valence-electron chi connectivity index (χ0n) is 15.7. The van der Waals surface area contributed by atoms with Crippen molar-refractivity contribution in [1.29, 1.82) is 0 Å². The molecule has 0 aliphatic carbocycles. The topological polar surface area (TPSA) is 70.4 Å². The van der Waals surface area contributed by atoms with E-state index >= 15 is 0 Å². The van der Waals surface area contributed by atoms with Gasteiger partial charge in [-0.1, -0.05) is 24.3 Å². The zero-order valence-corrected chi connectivity index (χ0v) is 15.7. The fourth-order valence-electron chi connectivity index (χ4n) is 3.45. The number of fused-ring (bicyclic) bond motifs is 1. The van der Waals surface area contributed by atoms with Crippen molar-refractivity contribution in [3.63, 3.8) is 0 Å². The van der Waals surface area contributed by atoms with Crippen LogP contribution in [0.4, 0.5) is 0 Å². The van der Waals surface area contributed by atoms with Crippen molar-refractivity contribution in [1.82, 2.24) is 9.55 Å². The maximum atomic E-state index is 12.9. The van der Waals surface area contributed by atoms with Crippen LogP contribution in [-0.2, 0) is 18.4 Å². The third-order valence-electron chi connectivity index (χ3n) is 5.01. The summed E-state index contributed by atoms with van der Waals surface area (Å²) in [4.78, 5) is 29.4. The number of aromatic nitrogens is 2. The molecule has 6 heteroatoms. The van der Waals surface area contributed by atoms with Crippen molar-refractivity contribution in [3.8, 4) is 11.5 Å². The molecule has 0 bridgehead atoms. The van der Waals surface area contributed by atoms with E-state index in [1.54, 1.807) is 23.9 Å². The van der Waals surface area contributed by atoms with Crippen molar-refractivity contribution >= 4 is 5.97 Å². The van der Waals surface area contributed by atoms with Gasteiger partial charge in [0.15, 0.2) is 0 Å². The lowest BCUT2D eigenvalue weighted by Crippen LogP contribution is -2.32. The number of hydrogen-bond donors (Lipinski definition) is 0. The van der Waals surface area contributed by atoms with Crippen molar-refractivity contribution in [2.75, 3.05) is 0 Å². The molecule has 0 fully saturated rings. The van der Waals surface area contributed by atoms with Gasteiger partial charge in [-0.25, -0.2) is 0 Å². The van der Waals surface area contributed by atoms with Crippen LogP contribution in [-0.4, -0.2) is 15.5 Å². The quantitative estimate of drug-likeness (QED) is 0.655. The van der Waals surface area contributed by atoms with E-state index in [4.69, 9.17) is 9.47 Å². The first-order valence-electron chi connectivity index (χ1n) is 9.07. The van der Waals surface area contributed by atoms with E-state index in [1.807, 2.05) is 49.4 Å². The van der Waals surface area contributed by atoms with Crippen LogP contribution in [0.25, 0.3) is 0 Å². The Morgan fingerprint density at radius 2 is 1.96 bits per heavy atom. The summed E-state index contributed by atoms with van der Waals surface area (Å²) in [6.07, 6.45) is 1.80. The SMILES string of the molecule is Cc1cc2c(c(=O)n1C)C(c1ccccc1OCc1ccccn1)CC(=O)O2. The molecule has 2 aromatic heterocycles. The molecule has 6 nitrogen and oxygen atoms in total. The Morgan fingerprint density at radius 1 is 1.18 bits per heavy atom. The molecular weight excluding hydrogens is 356 g/mol. The molecule has 1 unspecified atom stereocenters. The first-order chi connectivity index (χ1) is 13.5. The van der Waals surface area contributed by atoms with E-state index in [2.05, 4.69) is 4.98 Å². The molecule has 4 rings (SSSR count). The third kappa shape index (κ3) is 3.29. The number of esters is 1. The highest BCUT2D eigenvalue weighted by Crippen LogP contribution is 2.40. The highest BCUT2D eigenvalue weighted by molar-refractivity contribution is 5.78. The average Bonchev–Trinajstić information content (AvgIpc) is 2.71. The van der Waals surface area contributed by atoms with Gasteiger partial charge in [-0.05, 0) is 25.1 Å². The largest absolute Gasteiger partial charge is 0.487 e. The van der Waals surface area contributed by atoms with Crippen LogP contribution in [0, 0.1) is 6.92 Å². The molecule has 3 heterocycles. The van der Waals surface area contributed by atoms with Crippen LogP contribution in [0.1, 0.15) is 34.9 Å². The number of aryl methyl sites for hydroxylation is 1. The van der Waals surface area contributed by atoms with Gasteiger partial charge >= 0.3 is 5.97 Å². The second-order valence-electron chi connectivity index (χ2n) is 6.81. The van der Waals surface area contributed by atoms with Crippen LogP contribution in [0.2, 0.25) is 0 Å². The van der Waals surface area contributed by atoms with E-state index in [9.17, 15) is 9.59 Å². The molecule has 0 saturated heterocycles. The highest BCUT2D eigenvalue weighted by atomic mass is 16.5. The molecule has 1 aromatic carbocycles. The summed E-state index contributed by atoms with van der Waals surface area (Å²) in [6, 6.07) is 14.8. The first-order valence-corrected chi connectivity index (χ1v) is 9.07. The minimum Gasteiger partial charge on any atom is -0.487 e. The Kier molecular flexibility index (Phi) is 4.69. The normalized spacial score (nSPS) is 15.6. The van der Waals surface area contributed by atoms with Gasteiger partial charge in [-0.3, -0.25) is 14.6 Å². The van der Waals surface area contributed by atoms with E-state index < -0.39 is 5.92 Å². The van der Waals surface area contributed by atoms with Gasteiger partial charge < -0.3 is 14.0 Å². The number of para-hydroxylation sites is 1. The average molecular weight is 376 g/mol. The second-order valence-corrected chi connectivity index (χ2v) is 6.81. The molecule has 28 heavy (non-hydrogen) atoms. The van der Waals surface area contributed by atoms with Gasteiger partial charge in [0.25, 0.3) is 5.56 Å². The van der Waals surface area contributed by atoms with Crippen molar-refractivity contribution in [3.05, 3.63) is 87.6 Å².